The Kier molecular flexibility index (Phi) is 4.20. The molecule has 0 unspecified atom stereocenters. The van der Waals surface area contributed by atoms with Crippen molar-refractivity contribution in [3.63, 3.8) is 0 Å². The van der Waals surface area contributed by atoms with Crippen molar-refractivity contribution in [2.75, 3.05) is 33.7 Å². The Bertz CT molecular complexity index is 152. The fraction of sp³-hybridized carbons (Fsp3) is 0.875. The fourth-order valence-corrected chi connectivity index (χ4v) is 0.900. The summed E-state index contributed by atoms with van der Waals surface area (Å²) in [7, 11) is 3.15. The van der Waals surface area contributed by atoms with Crippen LogP contribution in [0.25, 0.3) is 0 Å². The molecule has 4 nitrogen and oxygen atoms in total. The number of rotatable bonds is 4. The molecule has 0 fully saturated rings. The maximum Gasteiger partial charge on any atom is 0.219 e. The van der Waals surface area contributed by atoms with Crippen LogP contribution in [0.3, 0.4) is 0 Å². The zero-order valence-corrected chi connectivity index (χ0v) is 8.33. The van der Waals surface area contributed by atoms with Gasteiger partial charge in [0.1, 0.15) is 0 Å². The molecule has 0 aliphatic carbocycles. The highest BCUT2D eigenvalue weighted by atomic mass is 16.5. The topological polar surface area (TPSA) is 43.4 Å². The van der Waals surface area contributed by atoms with Gasteiger partial charge in [-0.15, -0.1) is 0 Å². The minimum Gasteiger partial charge on any atom is -0.633 e. The van der Waals surface area contributed by atoms with Gasteiger partial charge in [0.25, 0.3) is 0 Å². The number of hydrogen-bond acceptors (Lipinski definition) is 2. The van der Waals surface area contributed by atoms with Gasteiger partial charge in [-0.3, -0.25) is 4.79 Å². The average molecular weight is 174 g/mol. The molecule has 0 aromatic carbocycles. The van der Waals surface area contributed by atoms with Crippen LogP contribution in [-0.2, 0) is 4.79 Å². The van der Waals surface area contributed by atoms with Crippen LogP contribution in [0.2, 0.25) is 0 Å². The van der Waals surface area contributed by atoms with Gasteiger partial charge < -0.3 is 14.8 Å². The van der Waals surface area contributed by atoms with Crippen molar-refractivity contribution in [3.05, 3.63) is 5.21 Å². The predicted molar refractivity (Wildman–Crippen MR) is 48.3 cm³/mol. The summed E-state index contributed by atoms with van der Waals surface area (Å²) < 4.78 is -0.343. The molecule has 0 atom stereocenters. The summed E-state index contributed by atoms with van der Waals surface area (Å²) in [5.74, 6) is 0.0333. The van der Waals surface area contributed by atoms with Gasteiger partial charge in [0, 0.05) is 13.5 Å². The van der Waals surface area contributed by atoms with Crippen LogP contribution in [0, 0.1) is 5.21 Å². The highest BCUT2D eigenvalue weighted by Gasteiger charge is 2.09. The second-order valence-electron chi connectivity index (χ2n) is 3.40. The summed E-state index contributed by atoms with van der Waals surface area (Å²) in [6.07, 6.45) is 0. The predicted octanol–water partition coefficient (Wildman–Crippen LogP) is 0.429. The molecule has 0 saturated heterocycles. The Morgan fingerprint density at radius 1 is 1.50 bits per heavy atom. The van der Waals surface area contributed by atoms with Gasteiger partial charge in [-0.2, -0.15) is 0 Å². The van der Waals surface area contributed by atoms with E-state index in [1.165, 1.54) is 6.92 Å². The molecule has 0 aromatic rings. The minimum absolute atomic E-state index is 0.0333. The van der Waals surface area contributed by atoms with Crippen LogP contribution in [0.5, 0.6) is 0 Å². The van der Waals surface area contributed by atoms with Crippen molar-refractivity contribution < 1.29 is 9.44 Å². The lowest BCUT2D eigenvalue weighted by Crippen LogP contribution is -2.42. The van der Waals surface area contributed by atoms with Crippen molar-refractivity contribution >= 4 is 5.91 Å². The Balaban J connectivity index is 3.81. The number of amides is 1. The van der Waals surface area contributed by atoms with Gasteiger partial charge >= 0.3 is 0 Å². The average Bonchev–Trinajstić information content (AvgIpc) is 1.85. The van der Waals surface area contributed by atoms with Crippen molar-refractivity contribution in [1.82, 2.24) is 4.90 Å². The van der Waals surface area contributed by atoms with Crippen molar-refractivity contribution in [2.45, 2.75) is 13.8 Å². The van der Waals surface area contributed by atoms with Crippen LogP contribution in [0.4, 0.5) is 0 Å². The molecule has 0 spiro atoms. The highest BCUT2D eigenvalue weighted by Crippen LogP contribution is 1.95. The molecule has 0 aliphatic heterocycles. The second-order valence-corrected chi connectivity index (χ2v) is 3.40. The standard InChI is InChI=1S/C8H18N2O2/c1-5-9(8(2)11)6-7-10(3,4)12/h5-7H2,1-4H3. The zero-order chi connectivity index (χ0) is 9.78. The summed E-state index contributed by atoms with van der Waals surface area (Å²) in [5.41, 5.74) is 0. The van der Waals surface area contributed by atoms with Crippen molar-refractivity contribution in [3.8, 4) is 0 Å². The van der Waals surface area contributed by atoms with E-state index in [-0.39, 0.29) is 10.6 Å². The number of carbonyl (C=O) groups is 1. The molecule has 0 N–H and O–H groups in total. The molecule has 0 aliphatic rings. The first-order valence-corrected chi connectivity index (χ1v) is 4.16. The maximum atomic E-state index is 11.1. The van der Waals surface area contributed by atoms with Crippen molar-refractivity contribution in [2.24, 2.45) is 0 Å². The first kappa shape index (κ1) is 11.4. The molecule has 0 heterocycles. The Morgan fingerprint density at radius 3 is 2.25 bits per heavy atom. The van der Waals surface area contributed by atoms with E-state index in [1.54, 1.807) is 19.0 Å². The summed E-state index contributed by atoms with van der Waals surface area (Å²) in [6.45, 7) is 5.10. The smallest absolute Gasteiger partial charge is 0.219 e. The first-order chi connectivity index (χ1) is 5.37. The molecule has 1 amide bonds. The largest absolute Gasteiger partial charge is 0.633 e. The van der Waals surface area contributed by atoms with E-state index in [9.17, 15) is 10.0 Å². The highest BCUT2D eigenvalue weighted by molar-refractivity contribution is 5.73. The van der Waals surface area contributed by atoms with Gasteiger partial charge in [-0.05, 0) is 6.92 Å². The first-order valence-electron chi connectivity index (χ1n) is 4.16. The lowest BCUT2D eigenvalue weighted by atomic mass is 10.4. The monoisotopic (exact) mass is 174 g/mol. The number of likely N-dealkylation sites (N-methyl/N-ethyl adjacent to an activating group) is 2. The minimum atomic E-state index is -0.343. The molecule has 4 heteroatoms. The van der Waals surface area contributed by atoms with E-state index >= 15 is 0 Å². The molecule has 0 saturated carbocycles. The lowest BCUT2D eigenvalue weighted by molar-refractivity contribution is -0.839. The van der Waals surface area contributed by atoms with Crippen LogP contribution in [0.1, 0.15) is 13.8 Å². The summed E-state index contributed by atoms with van der Waals surface area (Å²) >= 11 is 0. The normalized spacial score (nSPS) is 11.4. The third kappa shape index (κ3) is 5.09. The second kappa shape index (κ2) is 4.42. The quantitative estimate of drug-likeness (QED) is 0.458. The number of carbonyl (C=O) groups excluding carboxylic acids is 1. The molecular weight excluding hydrogens is 156 g/mol. The van der Waals surface area contributed by atoms with Crippen LogP contribution < -0.4 is 0 Å². The van der Waals surface area contributed by atoms with E-state index in [1.807, 2.05) is 6.92 Å². The van der Waals surface area contributed by atoms with Crippen molar-refractivity contribution in [1.29, 1.82) is 0 Å². The Morgan fingerprint density at radius 2 is 2.00 bits per heavy atom. The summed E-state index contributed by atoms with van der Waals surface area (Å²) in [5, 5.41) is 11.1. The number of quaternary nitrogens is 1. The summed E-state index contributed by atoms with van der Waals surface area (Å²) in [4.78, 5) is 12.6. The van der Waals surface area contributed by atoms with Gasteiger partial charge in [-0.1, -0.05) is 0 Å². The Hall–Kier alpha value is -0.610. The zero-order valence-electron chi connectivity index (χ0n) is 8.33. The van der Waals surface area contributed by atoms with Gasteiger partial charge in [0.15, 0.2) is 0 Å². The summed E-state index contributed by atoms with van der Waals surface area (Å²) in [6, 6.07) is 0. The molecular formula is C8H18N2O2. The van der Waals surface area contributed by atoms with Crippen LogP contribution in [-0.4, -0.2) is 49.2 Å². The molecule has 0 rings (SSSR count). The third-order valence-electron chi connectivity index (χ3n) is 1.74. The fourth-order valence-electron chi connectivity index (χ4n) is 0.900. The molecule has 12 heavy (non-hydrogen) atoms. The maximum absolute atomic E-state index is 11.1. The molecule has 72 valence electrons. The number of nitrogens with zero attached hydrogens (tertiary/aromatic N) is 2. The third-order valence-corrected chi connectivity index (χ3v) is 1.74. The Labute approximate surface area is 73.9 Å². The van der Waals surface area contributed by atoms with Crippen LogP contribution in [0.15, 0.2) is 0 Å². The van der Waals surface area contributed by atoms with Gasteiger partial charge in [0.2, 0.25) is 5.91 Å². The van der Waals surface area contributed by atoms with Gasteiger partial charge in [0.05, 0.1) is 27.2 Å². The molecule has 0 bridgehead atoms. The van der Waals surface area contributed by atoms with E-state index in [4.69, 9.17) is 0 Å². The van der Waals surface area contributed by atoms with E-state index < -0.39 is 0 Å². The van der Waals surface area contributed by atoms with E-state index in [2.05, 4.69) is 0 Å². The number of hydroxylamine groups is 3. The van der Waals surface area contributed by atoms with E-state index in [0.29, 0.717) is 19.6 Å². The molecule has 0 radical (unpaired) electrons. The number of hydrogen-bond donors (Lipinski definition) is 0. The van der Waals surface area contributed by atoms with Gasteiger partial charge in [-0.25, -0.2) is 0 Å². The van der Waals surface area contributed by atoms with Crippen LogP contribution >= 0.6 is 0 Å². The SMILES string of the molecule is CCN(CC[N+](C)(C)[O-])C(C)=O. The van der Waals surface area contributed by atoms with E-state index in [0.717, 1.165) is 0 Å². The lowest BCUT2D eigenvalue weighted by Gasteiger charge is -2.35. The molecule has 0 aromatic heterocycles.